The molecule has 2 aromatic heterocycles. The lowest BCUT2D eigenvalue weighted by molar-refractivity contribution is 0.0943. The largest absolute Gasteiger partial charge is 0.346 e. The van der Waals surface area contributed by atoms with E-state index in [9.17, 15) is 9.59 Å². The third kappa shape index (κ3) is 2.57. The van der Waals surface area contributed by atoms with E-state index in [1.165, 1.54) is 0 Å². The molecule has 0 fully saturated rings. The summed E-state index contributed by atoms with van der Waals surface area (Å²) >= 11 is 1.55. The van der Waals surface area contributed by atoms with Gasteiger partial charge in [0.05, 0.1) is 12.1 Å². The second-order valence-electron chi connectivity index (χ2n) is 4.58. The van der Waals surface area contributed by atoms with Crippen LogP contribution in [0.25, 0.3) is 10.9 Å². The van der Waals surface area contributed by atoms with Crippen molar-refractivity contribution >= 4 is 28.1 Å². The van der Waals surface area contributed by atoms with Gasteiger partial charge in [0.15, 0.2) is 5.69 Å². The van der Waals surface area contributed by atoms with Crippen LogP contribution in [-0.4, -0.2) is 15.7 Å². The van der Waals surface area contributed by atoms with Crippen LogP contribution >= 0.6 is 11.3 Å². The predicted octanol–water partition coefficient (Wildman–Crippen LogP) is 1.92. The lowest BCUT2D eigenvalue weighted by Crippen LogP contribution is -2.31. The third-order valence-electron chi connectivity index (χ3n) is 3.18. The zero-order valence-corrected chi connectivity index (χ0v) is 12.2. The van der Waals surface area contributed by atoms with E-state index < -0.39 is 5.91 Å². The highest BCUT2D eigenvalue weighted by Crippen LogP contribution is 2.09. The summed E-state index contributed by atoms with van der Waals surface area (Å²) < 4.78 is 1.55. The van der Waals surface area contributed by atoms with E-state index in [0.717, 1.165) is 4.88 Å². The number of para-hydroxylation sites is 1. The van der Waals surface area contributed by atoms with E-state index in [2.05, 4.69) is 10.4 Å². The number of rotatable bonds is 3. The smallest absolute Gasteiger partial charge is 0.276 e. The van der Waals surface area contributed by atoms with Crippen molar-refractivity contribution in [1.82, 2.24) is 15.1 Å². The molecule has 3 rings (SSSR count). The third-order valence-corrected chi connectivity index (χ3v) is 4.06. The SMILES string of the molecule is Cn1nc(C(=O)NCc2cccs2)c(=O)c2ccccc21. The van der Waals surface area contributed by atoms with E-state index in [-0.39, 0.29) is 11.1 Å². The summed E-state index contributed by atoms with van der Waals surface area (Å²) in [5, 5.41) is 9.26. The topological polar surface area (TPSA) is 64.0 Å². The van der Waals surface area contributed by atoms with Gasteiger partial charge in [-0.3, -0.25) is 14.3 Å². The molecule has 5 nitrogen and oxygen atoms in total. The van der Waals surface area contributed by atoms with Crippen LogP contribution in [-0.2, 0) is 13.6 Å². The fraction of sp³-hybridized carbons (Fsp3) is 0.133. The predicted molar refractivity (Wildman–Crippen MR) is 82.5 cm³/mol. The van der Waals surface area contributed by atoms with Gasteiger partial charge in [0.1, 0.15) is 0 Å². The van der Waals surface area contributed by atoms with Crippen LogP contribution in [0.4, 0.5) is 0 Å². The second kappa shape index (κ2) is 5.49. The van der Waals surface area contributed by atoms with Crippen LogP contribution in [0.2, 0.25) is 0 Å². The number of benzene rings is 1. The maximum absolute atomic E-state index is 12.3. The van der Waals surface area contributed by atoms with Crippen molar-refractivity contribution in [3.8, 4) is 0 Å². The minimum atomic E-state index is -0.449. The number of aromatic nitrogens is 2. The number of thiophene rings is 1. The number of amides is 1. The van der Waals surface area contributed by atoms with E-state index in [0.29, 0.717) is 17.4 Å². The van der Waals surface area contributed by atoms with Gasteiger partial charge < -0.3 is 5.32 Å². The van der Waals surface area contributed by atoms with Gasteiger partial charge in [-0.1, -0.05) is 18.2 Å². The molecule has 1 aromatic carbocycles. The summed E-state index contributed by atoms with van der Waals surface area (Å²) in [6.45, 7) is 0.397. The monoisotopic (exact) mass is 299 g/mol. The Labute approximate surface area is 124 Å². The van der Waals surface area contributed by atoms with Crippen molar-refractivity contribution in [2.75, 3.05) is 0 Å². The first kappa shape index (κ1) is 13.5. The lowest BCUT2D eigenvalue weighted by atomic mass is 10.2. The number of aryl methyl sites for hydroxylation is 1. The number of fused-ring (bicyclic) bond motifs is 1. The Morgan fingerprint density at radius 1 is 1.29 bits per heavy atom. The van der Waals surface area contributed by atoms with Crippen molar-refractivity contribution in [1.29, 1.82) is 0 Å². The zero-order chi connectivity index (χ0) is 14.8. The minimum absolute atomic E-state index is 0.0762. The van der Waals surface area contributed by atoms with Gasteiger partial charge in [-0.2, -0.15) is 5.10 Å². The Hall–Kier alpha value is -2.47. The fourth-order valence-corrected chi connectivity index (χ4v) is 2.78. The van der Waals surface area contributed by atoms with Gasteiger partial charge in [0, 0.05) is 17.3 Å². The van der Waals surface area contributed by atoms with E-state index in [1.54, 1.807) is 41.3 Å². The number of nitrogens with one attached hydrogen (secondary N) is 1. The highest BCUT2D eigenvalue weighted by Gasteiger charge is 2.16. The summed E-state index contributed by atoms with van der Waals surface area (Å²) in [6, 6.07) is 11.0. The number of carbonyl (C=O) groups is 1. The van der Waals surface area contributed by atoms with Gasteiger partial charge in [-0.05, 0) is 23.6 Å². The average molecular weight is 299 g/mol. The normalized spacial score (nSPS) is 10.7. The van der Waals surface area contributed by atoms with Gasteiger partial charge in [-0.25, -0.2) is 0 Å². The second-order valence-corrected chi connectivity index (χ2v) is 5.61. The molecular weight excluding hydrogens is 286 g/mol. The molecule has 21 heavy (non-hydrogen) atoms. The Morgan fingerprint density at radius 2 is 2.10 bits per heavy atom. The number of carbonyl (C=O) groups excluding carboxylic acids is 1. The van der Waals surface area contributed by atoms with Crippen LogP contribution < -0.4 is 10.7 Å². The molecule has 0 saturated heterocycles. The van der Waals surface area contributed by atoms with Gasteiger partial charge >= 0.3 is 0 Å². The molecular formula is C15H13N3O2S. The summed E-state index contributed by atoms with van der Waals surface area (Å²) in [5.41, 5.74) is 0.289. The Balaban J connectivity index is 1.95. The summed E-state index contributed by atoms with van der Waals surface area (Å²) in [4.78, 5) is 25.6. The maximum Gasteiger partial charge on any atom is 0.276 e. The number of nitrogens with zero attached hydrogens (tertiary/aromatic N) is 2. The molecule has 0 bridgehead atoms. The Morgan fingerprint density at radius 3 is 2.86 bits per heavy atom. The number of hydrogen-bond acceptors (Lipinski definition) is 4. The first-order chi connectivity index (χ1) is 10.2. The van der Waals surface area contributed by atoms with Crippen molar-refractivity contribution in [2.45, 2.75) is 6.54 Å². The first-order valence-corrected chi connectivity index (χ1v) is 7.31. The molecule has 0 unspecified atom stereocenters. The molecule has 1 amide bonds. The first-order valence-electron chi connectivity index (χ1n) is 6.43. The molecule has 1 N–H and O–H groups in total. The lowest BCUT2D eigenvalue weighted by Gasteiger charge is -2.07. The van der Waals surface area contributed by atoms with Crippen LogP contribution in [0.3, 0.4) is 0 Å². The van der Waals surface area contributed by atoms with Crippen LogP contribution in [0.1, 0.15) is 15.4 Å². The van der Waals surface area contributed by atoms with Crippen molar-refractivity contribution in [3.63, 3.8) is 0 Å². The molecule has 2 heterocycles. The van der Waals surface area contributed by atoms with E-state index >= 15 is 0 Å². The van der Waals surface area contributed by atoms with Crippen LogP contribution in [0.5, 0.6) is 0 Å². The van der Waals surface area contributed by atoms with Gasteiger partial charge in [0.2, 0.25) is 5.43 Å². The average Bonchev–Trinajstić information content (AvgIpc) is 3.02. The summed E-state index contributed by atoms with van der Waals surface area (Å²) in [5.74, 6) is -0.449. The summed E-state index contributed by atoms with van der Waals surface area (Å²) in [7, 11) is 1.72. The molecule has 0 radical (unpaired) electrons. The molecule has 0 saturated carbocycles. The molecule has 0 aliphatic rings. The Bertz CT molecular complexity index is 853. The minimum Gasteiger partial charge on any atom is -0.346 e. The molecule has 0 aliphatic carbocycles. The van der Waals surface area contributed by atoms with Crippen molar-refractivity contribution < 1.29 is 4.79 Å². The highest BCUT2D eigenvalue weighted by molar-refractivity contribution is 7.09. The molecule has 106 valence electrons. The van der Waals surface area contributed by atoms with Crippen molar-refractivity contribution in [3.05, 3.63) is 62.6 Å². The fourth-order valence-electron chi connectivity index (χ4n) is 2.14. The highest BCUT2D eigenvalue weighted by atomic mass is 32.1. The molecule has 6 heteroatoms. The van der Waals surface area contributed by atoms with Gasteiger partial charge in [-0.15, -0.1) is 11.3 Å². The Kier molecular flexibility index (Phi) is 3.53. The van der Waals surface area contributed by atoms with Crippen molar-refractivity contribution in [2.24, 2.45) is 7.05 Å². The number of hydrogen-bond donors (Lipinski definition) is 1. The van der Waals surface area contributed by atoms with E-state index in [1.807, 2.05) is 23.6 Å². The summed E-state index contributed by atoms with van der Waals surface area (Å²) in [6.07, 6.45) is 0. The van der Waals surface area contributed by atoms with Crippen LogP contribution in [0.15, 0.2) is 46.6 Å². The molecule has 3 aromatic rings. The molecule has 0 aliphatic heterocycles. The van der Waals surface area contributed by atoms with E-state index in [4.69, 9.17) is 0 Å². The maximum atomic E-state index is 12.3. The quantitative estimate of drug-likeness (QED) is 0.803. The zero-order valence-electron chi connectivity index (χ0n) is 11.4. The standard InChI is InChI=1S/C15H13N3O2S/c1-18-12-7-3-2-6-11(12)14(19)13(17-18)15(20)16-9-10-5-4-8-21-10/h2-8H,9H2,1H3,(H,16,20). The van der Waals surface area contributed by atoms with Crippen LogP contribution in [0, 0.1) is 0 Å². The van der Waals surface area contributed by atoms with Gasteiger partial charge in [0.25, 0.3) is 5.91 Å². The molecule has 0 atom stereocenters. The molecule has 0 spiro atoms.